The van der Waals surface area contributed by atoms with Gasteiger partial charge in [-0.05, 0) is 30.0 Å². The van der Waals surface area contributed by atoms with Gasteiger partial charge in [0.05, 0.1) is 0 Å². The smallest absolute Gasteiger partial charge is 0.409 e. The summed E-state index contributed by atoms with van der Waals surface area (Å²) in [7, 11) is 0. The van der Waals surface area contributed by atoms with Gasteiger partial charge in [0.1, 0.15) is 5.75 Å². The standard InChI is InChI=1S/C11H15NO2/c1-3-8(2)9-4-6-10(7-5-9)14-11(12)13/h4-8H,3H2,1-2H3,(H2,12,13). The molecule has 14 heavy (non-hydrogen) atoms. The zero-order chi connectivity index (χ0) is 10.6. The molecule has 1 aromatic rings. The fourth-order valence-corrected chi connectivity index (χ4v) is 1.22. The molecule has 0 aromatic heterocycles. The van der Waals surface area contributed by atoms with Crippen LogP contribution in [0.2, 0.25) is 0 Å². The van der Waals surface area contributed by atoms with Gasteiger partial charge >= 0.3 is 6.09 Å². The van der Waals surface area contributed by atoms with Gasteiger partial charge in [0.2, 0.25) is 0 Å². The maximum absolute atomic E-state index is 10.4. The molecule has 3 heteroatoms. The fraction of sp³-hybridized carbons (Fsp3) is 0.364. The maximum atomic E-state index is 10.4. The molecule has 0 aliphatic carbocycles. The summed E-state index contributed by atoms with van der Waals surface area (Å²) < 4.78 is 4.72. The van der Waals surface area contributed by atoms with E-state index in [9.17, 15) is 4.79 Å². The van der Waals surface area contributed by atoms with E-state index < -0.39 is 6.09 Å². The van der Waals surface area contributed by atoms with E-state index in [0.717, 1.165) is 6.42 Å². The first-order chi connectivity index (χ1) is 6.63. The molecule has 1 atom stereocenters. The van der Waals surface area contributed by atoms with Crippen molar-refractivity contribution in [3.63, 3.8) is 0 Å². The summed E-state index contributed by atoms with van der Waals surface area (Å²) >= 11 is 0. The lowest BCUT2D eigenvalue weighted by molar-refractivity contribution is 0.211. The lowest BCUT2D eigenvalue weighted by atomic mass is 9.99. The maximum Gasteiger partial charge on any atom is 0.409 e. The Hall–Kier alpha value is -1.51. The monoisotopic (exact) mass is 193 g/mol. The number of benzene rings is 1. The van der Waals surface area contributed by atoms with Gasteiger partial charge in [0, 0.05) is 0 Å². The van der Waals surface area contributed by atoms with Gasteiger partial charge in [0.15, 0.2) is 0 Å². The van der Waals surface area contributed by atoms with Crippen molar-refractivity contribution in [2.75, 3.05) is 0 Å². The van der Waals surface area contributed by atoms with E-state index in [1.807, 2.05) is 12.1 Å². The van der Waals surface area contributed by atoms with Crippen molar-refractivity contribution in [3.8, 4) is 5.75 Å². The summed E-state index contributed by atoms with van der Waals surface area (Å²) in [6, 6.07) is 7.41. The summed E-state index contributed by atoms with van der Waals surface area (Å²) in [6.45, 7) is 4.29. The summed E-state index contributed by atoms with van der Waals surface area (Å²) in [5, 5.41) is 0. The number of rotatable bonds is 3. The Morgan fingerprint density at radius 2 is 2.00 bits per heavy atom. The van der Waals surface area contributed by atoms with Crippen LogP contribution in [-0.4, -0.2) is 6.09 Å². The third-order valence-corrected chi connectivity index (χ3v) is 2.28. The van der Waals surface area contributed by atoms with Gasteiger partial charge in [-0.3, -0.25) is 0 Å². The molecule has 1 unspecified atom stereocenters. The number of nitrogens with two attached hydrogens (primary N) is 1. The van der Waals surface area contributed by atoms with E-state index in [1.54, 1.807) is 12.1 Å². The van der Waals surface area contributed by atoms with Gasteiger partial charge in [-0.15, -0.1) is 0 Å². The van der Waals surface area contributed by atoms with Crippen molar-refractivity contribution in [3.05, 3.63) is 29.8 Å². The molecular formula is C11H15NO2. The van der Waals surface area contributed by atoms with Crippen molar-refractivity contribution in [1.29, 1.82) is 0 Å². The Bertz CT molecular complexity index is 306. The van der Waals surface area contributed by atoms with Crippen LogP contribution in [0.25, 0.3) is 0 Å². The Labute approximate surface area is 83.9 Å². The van der Waals surface area contributed by atoms with Crippen molar-refractivity contribution in [1.82, 2.24) is 0 Å². The molecule has 2 N–H and O–H groups in total. The minimum atomic E-state index is -0.777. The van der Waals surface area contributed by atoms with Gasteiger partial charge in [-0.2, -0.15) is 0 Å². The second kappa shape index (κ2) is 4.65. The number of amides is 1. The van der Waals surface area contributed by atoms with Crippen LogP contribution in [0, 0.1) is 0 Å². The highest BCUT2D eigenvalue weighted by molar-refractivity contribution is 5.68. The van der Waals surface area contributed by atoms with Crippen molar-refractivity contribution in [2.45, 2.75) is 26.2 Å². The number of carbonyl (C=O) groups is 1. The quantitative estimate of drug-likeness (QED) is 0.802. The minimum Gasteiger partial charge on any atom is -0.411 e. The lowest BCUT2D eigenvalue weighted by Gasteiger charge is -2.09. The van der Waals surface area contributed by atoms with Gasteiger partial charge in [-0.1, -0.05) is 26.0 Å². The van der Waals surface area contributed by atoms with E-state index in [-0.39, 0.29) is 0 Å². The highest BCUT2D eigenvalue weighted by Crippen LogP contribution is 2.21. The summed E-state index contributed by atoms with van der Waals surface area (Å²) in [5.41, 5.74) is 6.13. The van der Waals surface area contributed by atoms with Gasteiger partial charge in [-0.25, -0.2) is 4.79 Å². The highest BCUT2D eigenvalue weighted by atomic mass is 16.5. The van der Waals surface area contributed by atoms with Crippen molar-refractivity contribution < 1.29 is 9.53 Å². The zero-order valence-corrected chi connectivity index (χ0v) is 8.49. The van der Waals surface area contributed by atoms with Crippen LogP contribution in [0.1, 0.15) is 31.7 Å². The average Bonchev–Trinajstić information content (AvgIpc) is 2.17. The van der Waals surface area contributed by atoms with Crippen LogP contribution in [0.15, 0.2) is 24.3 Å². The molecule has 0 heterocycles. The largest absolute Gasteiger partial charge is 0.411 e. The van der Waals surface area contributed by atoms with Crippen molar-refractivity contribution >= 4 is 6.09 Å². The van der Waals surface area contributed by atoms with E-state index in [4.69, 9.17) is 10.5 Å². The Kier molecular flexibility index (Phi) is 3.51. The first kappa shape index (κ1) is 10.6. The third-order valence-electron chi connectivity index (χ3n) is 2.28. The molecule has 0 bridgehead atoms. The topological polar surface area (TPSA) is 52.3 Å². The molecule has 0 fully saturated rings. The summed E-state index contributed by atoms with van der Waals surface area (Å²) in [6.07, 6.45) is 0.317. The molecule has 0 aliphatic rings. The number of primary amides is 1. The van der Waals surface area contributed by atoms with Crippen LogP contribution in [-0.2, 0) is 0 Å². The number of ether oxygens (including phenoxy) is 1. The third kappa shape index (κ3) is 2.76. The normalized spacial score (nSPS) is 12.1. The summed E-state index contributed by atoms with van der Waals surface area (Å²) in [4.78, 5) is 10.4. The summed E-state index contributed by atoms with van der Waals surface area (Å²) in [5.74, 6) is 1.02. The molecule has 1 aromatic carbocycles. The molecule has 76 valence electrons. The van der Waals surface area contributed by atoms with E-state index >= 15 is 0 Å². The second-order valence-electron chi connectivity index (χ2n) is 3.30. The molecule has 0 spiro atoms. The van der Waals surface area contributed by atoms with Crippen LogP contribution in [0.3, 0.4) is 0 Å². The SMILES string of the molecule is CCC(C)c1ccc(OC(N)=O)cc1. The molecule has 1 amide bonds. The fourth-order valence-electron chi connectivity index (χ4n) is 1.22. The van der Waals surface area contributed by atoms with E-state index in [0.29, 0.717) is 11.7 Å². The Morgan fingerprint density at radius 1 is 1.43 bits per heavy atom. The lowest BCUT2D eigenvalue weighted by Crippen LogP contribution is -2.16. The van der Waals surface area contributed by atoms with Crippen LogP contribution in [0.5, 0.6) is 5.75 Å². The molecule has 1 rings (SSSR count). The van der Waals surface area contributed by atoms with Crippen LogP contribution < -0.4 is 10.5 Å². The van der Waals surface area contributed by atoms with E-state index in [2.05, 4.69) is 13.8 Å². The Morgan fingerprint density at radius 3 is 2.43 bits per heavy atom. The van der Waals surface area contributed by atoms with Crippen molar-refractivity contribution in [2.24, 2.45) is 5.73 Å². The Balaban J connectivity index is 2.73. The average molecular weight is 193 g/mol. The first-order valence-electron chi connectivity index (χ1n) is 4.70. The molecule has 0 aliphatic heterocycles. The number of carbonyl (C=O) groups excluding carboxylic acids is 1. The number of hydrogen-bond acceptors (Lipinski definition) is 2. The zero-order valence-electron chi connectivity index (χ0n) is 8.49. The molecule has 0 radical (unpaired) electrons. The van der Waals surface area contributed by atoms with E-state index in [1.165, 1.54) is 5.56 Å². The molecular weight excluding hydrogens is 178 g/mol. The predicted octanol–water partition coefficient (Wildman–Crippen LogP) is 2.66. The van der Waals surface area contributed by atoms with Crippen LogP contribution in [0.4, 0.5) is 4.79 Å². The van der Waals surface area contributed by atoms with Crippen LogP contribution >= 0.6 is 0 Å². The minimum absolute atomic E-state index is 0.490. The molecule has 3 nitrogen and oxygen atoms in total. The first-order valence-corrected chi connectivity index (χ1v) is 4.70. The van der Waals surface area contributed by atoms with Gasteiger partial charge < -0.3 is 10.5 Å². The molecule has 0 saturated heterocycles. The second-order valence-corrected chi connectivity index (χ2v) is 3.30. The molecule has 0 saturated carbocycles. The highest BCUT2D eigenvalue weighted by Gasteiger charge is 2.03. The predicted molar refractivity (Wildman–Crippen MR) is 55.4 cm³/mol. The number of hydrogen-bond donors (Lipinski definition) is 1. The van der Waals surface area contributed by atoms with Gasteiger partial charge in [0.25, 0.3) is 0 Å².